The van der Waals surface area contributed by atoms with Gasteiger partial charge in [0.25, 0.3) is 0 Å². The van der Waals surface area contributed by atoms with E-state index in [2.05, 4.69) is 27.4 Å². The van der Waals surface area contributed by atoms with Crippen LogP contribution < -0.4 is 5.32 Å². The van der Waals surface area contributed by atoms with Crippen LogP contribution in [0.5, 0.6) is 0 Å². The van der Waals surface area contributed by atoms with Gasteiger partial charge in [-0.05, 0) is 80.1 Å². The molecule has 0 saturated heterocycles. The van der Waals surface area contributed by atoms with Crippen molar-refractivity contribution < 1.29 is 4.79 Å². The molecular formula is C20H26N4OS2. The Labute approximate surface area is 168 Å². The maximum absolute atomic E-state index is 12.6. The highest BCUT2D eigenvalue weighted by Crippen LogP contribution is 2.61. The molecule has 4 saturated carbocycles. The highest BCUT2D eigenvalue weighted by Gasteiger charge is 2.53. The number of rotatable bonds is 6. The second kappa shape index (κ2) is 6.92. The van der Waals surface area contributed by atoms with Gasteiger partial charge in [0.15, 0.2) is 5.82 Å². The Morgan fingerprint density at radius 1 is 1.33 bits per heavy atom. The molecule has 4 aliphatic rings. The zero-order chi connectivity index (χ0) is 18.4. The van der Waals surface area contributed by atoms with Crippen LogP contribution in [0, 0.1) is 23.2 Å². The van der Waals surface area contributed by atoms with Crippen LogP contribution in [0.3, 0.4) is 0 Å². The maximum atomic E-state index is 12.6. The Kier molecular flexibility index (Phi) is 4.55. The molecule has 27 heavy (non-hydrogen) atoms. The minimum absolute atomic E-state index is 0.103. The SMILES string of the molecule is C[C@@H](NC(=O)CSc1n[nH]c(-c2cccs2)n1)C12CC3CC(CC(C3)C1)C2. The van der Waals surface area contributed by atoms with Gasteiger partial charge in [-0.2, -0.15) is 0 Å². The molecule has 5 nitrogen and oxygen atoms in total. The fourth-order valence-electron chi connectivity index (χ4n) is 6.11. The van der Waals surface area contributed by atoms with E-state index in [9.17, 15) is 4.79 Å². The topological polar surface area (TPSA) is 70.7 Å². The minimum Gasteiger partial charge on any atom is -0.352 e. The van der Waals surface area contributed by atoms with Crippen LogP contribution >= 0.6 is 23.1 Å². The summed E-state index contributed by atoms with van der Waals surface area (Å²) in [5.74, 6) is 3.98. The van der Waals surface area contributed by atoms with Crippen molar-refractivity contribution in [1.29, 1.82) is 0 Å². The average molecular weight is 403 g/mol. The highest BCUT2D eigenvalue weighted by molar-refractivity contribution is 7.99. The van der Waals surface area contributed by atoms with E-state index < -0.39 is 0 Å². The van der Waals surface area contributed by atoms with Crippen molar-refractivity contribution in [2.75, 3.05) is 5.75 Å². The molecule has 144 valence electrons. The fourth-order valence-corrected chi connectivity index (χ4v) is 7.38. The molecule has 2 heterocycles. The Morgan fingerprint density at radius 3 is 2.67 bits per heavy atom. The van der Waals surface area contributed by atoms with Gasteiger partial charge in [0.1, 0.15) is 0 Å². The molecule has 2 N–H and O–H groups in total. The monoisotopic (exact) mass is 402 g/mol. The van der Waals surface area contributed by atoms with Crippen LogP contribution in [-0.4, -0.2) is 32.9 Å². The number of carbonyl (C=O) groups is 1. The maximum Gasteiger partial charge on any atom is 0.230 e. The number of amides is 1. The summed E-state index contributed by atoms with van der Waals surface area (Å²) in [7, 11) is 0. The molecule has 7 heteroatoms. The third kappa shape index (κ3) is 3.44. The molecule has 4 fully saturated rings. The second-order valence-electron chi connectivity index (χ2n) is 8.80. The molecule has 1 atom stereocenters. The lowest BCUT2D eigenvalue weighted by atomic mass is 9.48. The third-order valence-corrected chi connectivity index (χ3v) is 8.66. The van der Waals surface area contributed by atoms with Crippen molar-refractivity contribution in [3.63, 3.8) is 0 Å². The molecule has 0 spiro atoms. The first kappa shape index (κ1) is 17.7. The van der Waals surface area contributed by atoms with Crippen LogP contribution in [0.15, 0.2) is 22.7 Å². The van der Waals surface area contributed by atoms with E-state index in [0.717, 1.165) is 28.5 Å². The fraction of sp³-hybridized carbons (Fsp3) is 0.650. The zero-order valence-electron chi connectivity index (χ0n) is 15.6. The van der Waals surface area contributed by atoms with Gasteiger partial charge in [0.2, 0.25) is 11.1 Å². The molecule has 2 aromatic heterocycles. The summed E-state index contributed by atoms with van der Waals surface area (Å²) < 4.78 is 0. The average Bonchev–Trinajstić information content (AvgIpc) is 3.30. The summed E-state index contributed by atoms with van der Waals surface area (Å²) in [6, 6.07) is 4.28. The predicted molar refractivity (Wildman–Crippen MR) is 109 cm³/mol. The molecule has 6 rings (SSSR count). The molecule has 2 aromatic rings. The quantitative estimate of drug-likeness (QED) is 0.705. The number of aromatic amines is 1. The standard InChI is InChI=1S/C20H26N4OS2/c1-12(20-8-13-5-14(9-20)7-15(6-13)10-20)21-17(25)11-27-19-22-18(23-24-19)16-3-2-4-26-16/h2-4,12-15H,5-11H2,1H3,(H,21,25)(H,22,23,24)/t12-,13?,14?,15?,20?/m1/s1. The summed E-state index contributed by atoms with van der Waals surface area (Å²) in [5, 5.41) is 13.2. The number of thioether (sulfide) groups is 1. The Hall–Kier alpha value is -1.34. The highest BCUT2D eigenvalue weighted by atomic mass is 32.2. The van der Waals surface area contributed by atoms with E-state index in [4.69, 9.17) is 0 Å². The summed E-state index contributed by atoms with van der Waals surface area (Å²) >= 11 is 3.03. The number of hydrogen-bond donors (Lipinski definition) is 2. The molecule has 0 aromatic carbocycles. The Morgan fingerprint density at radius 2 is 2.04 bits per heavy atom. The normalized spacial score (nSPS) is 32.6. The van der Waals surface area contributed by atoms with Gasteiger partial charge >= 0.3 is 0 Å². The van der Waals surface area contributed by atoms with Crippen molar-refractivity contribution in [1.82, 2.24) is 20.5 Å². The number of carbonyl (C=O) groups excluding carboxylic acids is 1. The molecule has 0 unspecified atom stereocenters. The van der Waals surface area contributed by atoms with Crippen molar-refractivity contribution in [3.8, 4) is 10.7 Å². The lowest BCUT2D eigenvalue weighted by Gasteiger charge is -2.59. The van der Waals surface area contributed by atoms with Crippen molar-refractivity contribution in [2.45, 2.75) is 56.6 Å². The van der Waals surface area contributed by atoms with Crippen LogP contribution in [-0.2, 0) is 4.79 Å². The Balaban J connectivity index is 1.17. The first-order valence-electron chi connectivity index (χ1n) is 9.98. The molecule has 4 bridgehead atoms. The summed E-state index contributed by atoms with van der Waals surface area (Å²) in [4.78, 5) is 18.1. The van der Waals surface area contributed by atoms with E-state index in [-0.39, 0.29) is 11.9 Å². The van der Waals surface area contributed by atoms with Gasteiger partial charge in [-0.3, -0.25) is 9.89 Å². The zero-order valence-corrected chi connectivity index (χ0v) is 17.2. The van der Waals surface area contributed by atoms with Crippen molar-refractivity contribution in [3.05, 3.63) is 17.5 Å². The van der Waals surface area contributed by atoms with Crippen LogP contribution in [0.1, 0.15) is 45.4 Å². The first-order valence-corrected chi connectivity index (χ1v) is 11.8. The molecule has 4 aliphatic carbocycles. The first-order chi connectivity index (χ1) is 13.1. The van der Waals surface area contributed by atoms with E-state index in [1.165, 1.54) is 50.3 Å². The van der Waals surface area contributed by atoms with E-state index >= 15 is 0 Å². The van der Waals surface area contributed by atoms with Crippen LogP contribution in [0.25, 0.3) is 10.7 Å². The second-order valence-corrected chi connectivity index (χ2v) is 10.7. The smallest absolute Gasteiger partial charge is 0.230 e. The number of hydrogen-bond acceptors (Lipinski definition) is 5. The van der Waals surface area contributed by atoms with E-state index in [1.54, 1.807) is 11.3 Å². The largest absolute Gasteiger partial charge is 0.352 e. The lowest BCUT2D eigenvalue weighted by Crippen LogP contribution is -2.56. The number of aromatic nitrogens is 3. The van der Waals surface area contributed by atoms with Crippen molar-refractivity contribution >= 4 is 29.0 Å². The Bertz CT molecular complexity index is 781. The molecule has 0 radical (unpaired) electrons. The lowest BCUT2D eigenvalue weighted by molar-refractivity contribution is -0.123. The number of nitrogens with one attached hydrogen (secondary N) is 2. The van der Waals surface area contributed by atoms with Gasteiger partial charge in [-0.1, -0.05) is 17.8 Å². The van der Waals surface area contributed by atoms with Gasteiger partial charge in [-0.25, -0.2) is 4.98 Å². The van der Waals surface area contributed by atoms with Gasteiger partial charge < -0.3 is 5.32 Å². The van der Waals surface area contributed by atoms with E-state index in [0.29, 0.717) is 16.3 Å². The van der Waals surface area contributed by atoms with Crippen molar-refractivity contribution in [2.24, 2.45) is 23.2 Å². The van der Waals surface area contributed by atoms with Gasteiger partial charge in [0.05, 0.1) is 10.6 Å². The summed E-state index contributed by atoms with van der Waals surface area (Å²) in [6.07, 6.45) is 8.27. The number of H-pyrrole nitrogens is 1. The van der Waals surface area contributed by atoms with E-state index in [1.807, 2.05) is 17.5 Å². The van der Waals surface area contributed by atoms with Crippen LogP contribution in [0.4, 0.5) is 0 Å². The van der Waals surface area contributed by atoms with Crippen LogP contribution in [0.2, 0.25) is 0 Å². The minimum atomic E-state index is 0.103. The molecular weight excluding hydrogens is 376 g/mol. The third-order valence-electron chi connectivity index (χ3n) is 6.93. The molecule has 1 amide bonds. The predicted octanol–water partition coefficient (Wildman–Crippen LogP) is 4.35. The number of thiophene rings is 1. The van der Waals surface area contributed by atoms with Gasteiger partial charge in [-0.15, -0.1) is 16.4 Å². The number of nitrogens with zero attached hydrogens (tertiary/aromatic N) is 2. The van der Waals surface area contributed by atoms with Gasteiger partial charge in [0, 0.05) is 6.04 Å². The molecule has 0 aliphatic heterocycles. The summed E-state index contributed by atoms with van der Waals surface area (Å²) in [5.41, 5.74) is 0.353. The summed E-state index contributed by atoms with van der Waals surface area (Å²) in [6.45, 7) is 2.23.